The first-order valence-corrected chi connectivity index (χ1v) is 8.25. The van der Waals surface area contributed by atoms with Crippen molar-refractivity contribution in [1.82, 2.24) is 5.32 Å². The average Bonchev–Trinajstić information content (AvgIpc) is 2.48. The lowest BCUT2D eigenvalue weighted by Crippen LogP contribution is -2.46. The molecule has 1 unspecified atom stereocenters. The molecule has 1 aromatic rings. The van der Waals surface area contributed by atoms with Crippen LogP contribution in [0.4, 0.5) is 0 Å². The van der Waals surface area contributed by atoms with Crippen LogP contribution in [0.5, 0.6) is 0 Å². The summed E-state index contributed by atoms with van der Waals surface area (Å²) in [5.41, 5.74) is 6.41. The van der Waals surface area contributed by atoms with Crippen molar-refractivity contribution in [2.24, 2.45) is 11.7 Å². The molecule has 3 nitrogen and oxygen atoms in total. The largest absolute Gasteiger partial charge is 0.348 e. The summed E-state index contributed by atoms with van der Waals surface area (Å²) in [4.78, 5) is 12.4. The van der Waals surface area contributed by atoms with Crippen molar-refractivity contribution in [2.45, 2.75) is 38.1 Å². The Hall–Kier alpha value is -0.580. The highest BCUT2D eigenvalue weighted by atomic mass is 79.9. The fraction of sp³-hybridized carbons (Fsp3) is 0.533. The number of hydrogen-bond acceptors (Lipinski definition) is 2. The number of nitrogens with two attached hydrogens (primary N) is 1. The number of hydrogen-bond donors (Lipinski definition) is 2. The normalized spacial score (nSPS) is 17.8. The van der Waals surface area contributed by atoms with Gasteiger partial charge in [0, 0.05) is 22.1 Å². The number of amides is 1. The molecule has 1 aliphatic rings. The Labute approximate surface area is 133 Å². The van der Waals surface area contributed by atoms with Crippen LogP contribution in [0.15, 0.2) is 22.7 Å². The maximum atomic E-state index is 12.4. The highest BCUT2D eigenvalue weighted by molar-refractivity contribution is 9.10. The van der Waals surface area contributed by atoms with Crippen molar-refractivity contribution < 1.29 is 4.79 Å². The molecular weight excluding hydrogens is 340 g/mol. The molecule has 0 aliphatic heterocycles. The van der Waals surface area contributed by atoms with Gasteiger partial charge in [0.15, 0.2) is 0 Å². The minimum Gasteiger partial charge on any atom is -0.348 e. The monoisotopic (exact) mass is 358 g/mol. The smallest absolute Gasteiger partial charge is 0.252 e. The molecular formula is C15H20BrClN2O. The third kappa shape index (κ3) is 3.96. The molecule has 0 saturated heterocycles. The van der Waals surface area contributed by atoms with Crippen molar-refractivity contribution in [3.05, 3.63) is 33.3 Å². The van der Waals surface area contributed by atoms with Gasteiger partial charge in [-0.25, -0.2) is 0 Å². The van der Waals surface area contributed by atoms with Crippen molar-refractivity contribution in [3.63, 3.8) is 0 Å². The molecule has 0 spiro atoms. The first kappa shape index (κ1) is 15.8. The Kier molecular flexibility index (Phi) is 5.87. The highest BCUT2D eigenvalue weighted by Crippen LogP contribution is 2.27. The fourth-order valence-electron chi connectivity index (χ4n) is 2.82. The summed E-state index contributed by atoms with van der Waals surface area (Å²) in [5.74, 6) is 0.385. The third-order valence-corrected chi connectivity index (χ3v) is 4.89. The number of benzene rings is 1. The Morgan fingerprint density at radius 2 is 2.10 bits per heavy atom. The van der Waals surface area contributed by atoms with Crippen LogP contribution >= 0.6 is 27.5 Å². The number of nitrogens with one attached hydrogen (secondary N) is 1. The van der Waals surface area contributed by atoms with Gasteiger partial charge in [-0.15, -0.1) is 0 Å². The van der Waals surface area contributed by atoms with Crippen LogP contribution in [0.2, 0.25) is 5.02 Å². The number of carbonyl (C=O) groups is 1. The SMILES string of the molecule is NCC(NC(=O)c1cc(Cl)ccc1Br)C1CCCCC1. The van der Waals surface area contributed by atoms with Gasteiger partial charge in [0.2, 0.25) is 0 Å². The van der Waals surface area contributed by atoms with E-state index in [0.29, 0.717) is 23.0 Å². The Morgan fingerprint density at radius 1 is 1.40 bits per heavy atom. The van der Waals surface area contributed by atoms with Gasteiger partial charge >= 0.3 is 0 Å². The van der Waals surface area contributed by atoms with Crippen LogP contribution in [-0.2, 0) is 0 Å². The lowest BCUT2D eigenvalue weighted by Gasteiger charge is -2.30. The maximum absolute atomic E-state index is 12.4. The van der Waals surface area contributed by atoms with Gasteiger partial charge in [-0.05, 0) is 52.9 Å². The fourth-order valence-corrected chi connectivity index (χ4v) is 3.42. The van der Waals surface area contributed by atoms with Gasteiger partial charge < -0.3 is 11.1 Å². The van der Waals surface area contributed by atoms with Crippen LogP contribution in [0.3, 0.4) is 0 Å². The van der Waals surface area contributed by atoms with Crippen molar-refractivity contribution in [1.29, 1.82) is 0 Å². The Bertz CT molecular complexity index is 475. The molecule has 110 valence electrons. The zero-order valence-electron chi connectivity index (χ0n) is 11.4. The Balaban J connectivity index is 2.06. The summed E-state index contributed by atoms with van der Waals surface area (Å²) < 4.78 is 0.749. The minimum absolute atomic E-state index is 0.0497. The maximum Gasteiger partial charge on any atom is 0.252 e. The second-order valence-corrected chi connectivity index (χ2v) is 6.63. The second-order valence-electron chi connectivity index (χ2n) is 5.34. The lowest BCUT2D eigenvalue weighted by atomic mass is 9.84. The average molecular weight is 360 g/mol. The zero-order chi connectivity index (χ0) is 14.5. The summed E-state index contributed by atoms with van der Waals surface area (Å²) in [5, 5.41) is 3.62. The number of rotatable bonds is 4. The van der Waals surface area contributed by atoms with Crippen molar-refractivity contribution in [2.75, 3.05) is 6.54 Å². The molecule has 3 N–H and O–H groups in total. The third-order valence-electron chi connectivity index (χ3n) is 3.96. The molecule has 0 bridgehead atoms. The van der Waals surface area contributed by atoms with E-state index in [1.165, 1.54) is 19.3 Å². The summed E-state index contributed by atoms with van der Waals surface area (Å²) in [6, 6.07) is 5.27. The van der Waals surface area contributed by atoms with Gasteiger partial charge in [-0.3, -0.25) is 4.79 Å². The van der Waals surface area contributed by atoms with E-state index in [1.54, 1.807) is 18.2 Å². The predicted molar refractivity (Wildman–Crippen MR) is 86.0 cm³/mol. The van der Waals surface area contributed by atoms with Gasteiger partial charge in [0.05, 0.1) is 5.56 Å². The van der Waals surface area contributed by atoms with E-state index in [1.807, 2.05) is 0 Å². The molecule has 1 amide bonds. The highest BCUT2D eigenvalue weighted by Gasteiger charge is 2.24. The van der Waals surface area contributed by atoms with E-state index in [2.05, 4.69) is 21.2 Å². The molecule has 1 saturated carbocycles. The molecule has 1 fully saturated rings. The van der Waals surface area contributed by atoms with E-state index in [9.17, 15) is 4.79 Å². The molecule has 1 aliphatic carbocycles. The zero-order valence-corrected chi connectivity index (χ0v) is 13.7. The van der Waals surface area contributed by atoms with Gasteiger partial charge in [-0.2, -0.15) is 0 Å². The molecule has 20 heavy (non-hydrogen) atoms. The minimum atomic E-state index is -0.111. The van der Waals surface area contributed by atoms with E-state index in [4.69, 9.17) is 17.3 Å². The first-order chi connectivity index (χ1) is 9.61. The number of carbonyl (C=O) groups excluding carboxylic acids is 1. The standard InChI is InChI=1S/C15H20BrClN2O/c16-13-7-6-11(17)8-12(13)15(20)19-14(9-18)10-4-2-1-3-5-10/h6-8,10,14H,1-5,9,18H2,(H,19,20). The number of halogens is 2. The lowest BCUT2D eigenvalue weighted by molar-refractivity contribution is 0.0915. The molecule has 5 heteroatoms. The molecule has 0 heterocycles. The molecule has 1 atom stereocenters. The molecule has 0 radical (unpaired) electrons. The van der Waals surface area contributed by atoms with Crippen LogP contribution in [-0.4, -0.2) is 18.5 Å². The summed E-state index contributed by atoms with van der Waals surface area (Å²) in [7, 11) is 0. The van der Waals surface area contributed by atoms with Crippen molar-refractivity contribution >= 4 is 33.4 Å². The van der Waals surface area contributed by atoms with E-state index >= 15 is 0 Å². The predicted octanol–water partition coefficient (Wildman–Crippen LogP) is 3.74. The van der Waals surface area contributed by atoms with Crippen LogP contribution in [0.1, 0.15) is 42.5 Å². The summed E-state index contributed by atoms with van der Waals surface area (Å²) >= 11 is 9.34. The molecule has 1 aromatic carbocycles. The Morgan fingerprint density at radius 3 is 2.75 bits per heavy atom. The van der Waals surface area contributed by atoms with Gasteiger partial charge in [0.25, 0.3) is 5.91 Å². The van der Waals surface area contributed by atoms with E-state index in [0.717, 1.165) is 17.3 Å². The van der Waals surface area contributed by atoms with Crippen LogP contribution in [0.25, 0.3) is 0 Å². The summed E-state index contributed by atoms with van der Waals surface area (Å²) in [6.07, 6.45) is 6.06. The van der Waals surface area contributed by atoms with Crippen LogP contribution in [0, 0.1) is 5.92 Å². The second kappa shape index (κ2) is 7.43. The van der Waals surface area contributed by atoms with Crippen molar-refractivity contribution in [3.8, 4) is 0 Å². The van der Waals surface area contributed by atoms with Crippen LogP contribution < -0.4 is 11.1 Å². The first-order valence-electron chi connectivity index (χ1n) is 7.08. The topological polar surface area (TPSA) is 55.1 Å². The molecule has 0 aromatic heterocycles. The summed E-state index contributed by atoms with van der Waals surface area (Å²) in [6.45, 7) is 0.481. The van der Waals surface area contributed by atoms with Gasteiger partial charge in [-0.1, -0.05) is 30.9 Å². The van der Waals surface area contributed by atoms with E-state index < -0.39 is 0 Å². The van der Waals surface area contributed by atoms with Gasteiger partial charge in [0.1, 0.15) is 0 Å². The molecule has 2 rings (SSSR count). The van der Waals surface area contributed by atoms with E-state index in [-0.39, 0.29) is 11.9 Å². The quantitative estimate of drug-likeness (QED) is 0.860.